The standard InChI is InChI=1S/C13H17FN2O2.ClH/c14-11-5-12(15-7-11)13(18)16-6-9-2-1-3-10(4-9)8-17;/h1-4,11-12,15,17H,5-8H2,(H,16,18);1H/t11-,12+;/m0./s1. The van der Waals surface area contributed by atoms with Crippen LogP contribution in [0.5, 0.6) is 0 Å². The predicted molar refractivity (Wildman–Crippen MR) is 72.8 cm³/mol. The van der Waals surface area contributed by atoms with Crippen LogP contribution >= 0.6 is 12.4 Å². The van der Waals surface area contributed by atoms with Gasteiger partial charge in [-0.3, -0.25) is 4.79 Å². The van der Waals surface area contributed by atoms with Gasteiger partial charge in [-0.2, -0.15) is 0 Å². The van der Waals surface area contributed by atoms with Crippen LogP contribution in [0.15, 0.2) is 24.3 Å². The lowest BCUT2D eigenvalue weighted by Gasteiger charge is -2.11. The van der Waals surface area contributed by atoms with Gasteiger partial charge in [0.1, 0.15) is 6.17 Å². The van der Waals surface area contributed by atoms with Gasteiger partial charge < -0.3 is 15.7 Å². The summed E-state index contributed by atoms with van der Waals surface area (Å²) in [6.45, 7) is 0.620. The number of alkyl halides is 1. The van der Waals surface area contributed by atoms with Gasteiger partial charge in [-0.05, 0) is 11.1 Å². The maximum atomic E-state index is 12.9. The number of amides is 1. The maximum absolute atomic E-state index is 12.9. The maximum Gasteiger partial charge on any atom is 0.237 e. The third-order valence-electron chi connectivity index (χ3n) is 3.03. The van der Waals surface area contributed by atoms with Crippen LogP contribution in [-0.2, 0) is 17.9 Å². The minimum absolute atomic E-state index is 0. The summed E-state index contributed by atoms with van der Waals surface area (Å²) in [5.41, 5.74) is 1.73. The molecule has 0 saturated carbocycles. The summed E-state index contributed by atoms with van der Waals surface area (Å²) in [5, 5.41) is 14.6. The molecule has 4 nitrogen and oxygen atoms in total. The SMILES string of the molecule is Cl.O=C(NCc1cccc(CO)c1)[C@H]1C[C@H](F)CN1. The fourth-order valence-electron chi connectivity index (χ4n) is 2.04. The van der Waals surface area contributed by atoms with E-state index < -0.39 is 12.2 Å². The average molecular weight is 289 g/mol. The number of rotatable bonds is 4. The van der Waals surface area contributed by atoms with E-state index in [0.29, 0.717) is 6.54 Å². The van der Waals surface area contributed by atoms with E-state index >= 15 is 0 Å². The van der Waals surface area contributed by atoms with E-state index in [2.05, 4.69) is 10.6 Å². The van der Waals surface area contributed by atoms with E-state index in [1.807, 2.05) is 24.3 Å². The van der Waals surface area contributed by atoms with Crippen molar-refractivity contribution in [3.05, 3.63) is 35.4 Å². The first-order chi connectivity index (χ1) is 8.69. The molecule has 2 rings (SSSR count). The predicted octanol–water partition coefficient (Wildman–Crippen LogP) is 0.917. The molecular formula is C13H18ClFN2O2. The van der Waals surface area contributed by atoms with Crippen LogP contribution in [0.4, 0.5) is 4.39 Å². The molecule has 1 aliphatic rings. The third-order valence-corrected chi connectivity index (χ3v) is 3.03. The second-order valence-electron chi connectivity index (χ2n) is 4.49. The van der Waals surface area contributed by atoms with E-state index in [1.165, 1.54) is 0 Å². The highest BCUT2D eigenvalue weighted by molar-refractivity contribution is 5.85. The van der Waals surface area contributed by atoms with Gasteiger partial charge in [0, 0.05) is 19.5 Å². The van der Waals surface area contributed by atoms with E-state index in [1.54, 1.807) is 0 Å². The van der Waals surface area contributed by atoms with Gasteiger partial charge in [0.15, 0.2) is 0 Å². The molecule has 0 spiro atoms. The molecular weight excluding hydrogens is 271 g/mol. The Morgan fingerprint density at radius 2 is 2.21 bits per heavy atom. The number of carbonyl (C=O) groups is 1. The Morgan fingerprint density at radius 1 is 1.47 bits per heavy atom. The number of aliphatic hydroxyl groups excluding tert-OH is 1. The third kappa shape index (κ3) is 4.45. The van der Waals surface area contributed by atoms with E-state index in [9.17, 15) is 9.18 Å². The van der Waals surface area contributed by atoms with Crippen LogP contribution in [-0.4, -0.2) is 29.8 Å². The van der Waals surface area contributed by atoms with Gasteiger partial charge in [0.25, 0.3) is 0 Å². The Balaban J connectivity index is 0.00000180. The average Bonchev–Trinajstić information content (AvgIpc) is 2.83. The molecule has 0 aromatic heterocycles. The molecule has 6 heteroatoms. The fourth-order valence-corrected chi connectivity index (χ4v) is 2.04. The van der Waals surface area contributed by atoms with E-state index in [4.69, 9.17) is 5.11 Å². The highest BCUT2D eigenvalue weighted by atomic mass is 35.5. The van der Waals surface area contributed by atoms with Gasteiger partial charge >= 0.3 is 0 Å². The van der Waals surface area contributed by atoms with Crippen molar-refractivity contribution in [1.82, 2.24) is 10.6 Å². The normalized spacial score (nSPS) is 21.8. The summed E-state index contributed by atoms with van der Waals surface area (Å²) < 4.78 is 12.9. The summed E-state index contributed by atoms with van der Waals surface area (Å²) in [5.74, 6) is -0.176. The minimum atomic E-state index is -0.932. The van der Waals surface area contributed by atoms with Crippen LogP contribution in [0.3, 0.4) is 0 Å². The van der Waals surface area contributed by atoms with Crippen molar-refractivity contribution in [1.29, 1.82) is 0 Å². The zero-order valence-corrected chi connectivity index (χ0v) is 11.3. The molecule has 19 heavy (non-hydrogen) atoms. The first kappa shape index (κ1) is 15.9. The monoisotopic (exact) mass is 288 g/mol. The second-order valence-corrected chi connectivity index (χ2v) is 4.49. The van der Waals surface area contributed by atoms with Crippen molar-refractivity contribution < 1.29 is 14.3 Å². The summed E-state index contributed by atoms with van der Waals surface area (Å²) in [6, 6.07) is 6.93. The van der Waals surface area contributed by atoms with Crippen molar-refractivity contribution in [2.75, 3.05) is 6.54 Å². The topological polar surface area (TPSA) is 61.4 Å². The highest BCUT2D eigenvalue weighted by Crippen LogP contribution is 2.10. The van der Waals surface area contributed by atoms with Gasteiger partial charge in [-0.25, -0.2) is 4.39 Å². The molecule has 1 heterocycles. The van der Waals surface area contributed by atoms with Crippen LogP contribution in [0.1, 0.15) is 17.5 Å². The fraction of sp³-hybridized carbons (Fsp3) is 0.462. The number of aliphatic hydroxyl groups is 1. The largest absolute Gasteiger partial charge is 0.392 e. The molecule has 1 aromatic rings. The van der Waals surface area contributed by atoms with Crippen molar-refractivity contribution in [2.45, 2.75) is 31.8 Å². The molecule has 106 valence electrons. The van der Waals surface area contributed by atoms with Crippen molar-refractivity contribution in [3.63, 3.8) is 0 Å². The molecule has 1 aliphatic heterocycles. The minimum Gasteiger partial charge on any atom is -0.392 e. The molecule has 1 aromatic carbocycles. The first-order valence-electron chi connectivity index (χ1n) is 6.03. The molecule has 1 amide bonds. The first-order valence-corrected chi connectivity index (χ1v) is 6.03. The van der Waals surface area contributed by atoms with Crippen molar-refractivity contribution in [2.24, 2.45) is 0 Å². The van der Waals surface area contributed by atoms with Gasteiger partial charge in [-0.15, -0.1) is 12.4 Å². The Morgan fingerprint density at radius 3 is 2.84 bits per heavy atom. The Bertz CT molecular complexity index is 431. The van der Waals surface area contributed by atoms with Crippen LogP contribution in [0, 0.1) is 0 Å². The zero-order valence-electron chi connectivity index (χ0n) is 10.4. The Hall–Kier alpha value is -1.17. The summed E-state index contributed by atoms with van der Waals surface area (Å²) >= 11 is 0. The van der Waals surface area contributed by atoms with Crippen LogP contribution < -0.4 is 10.6 Å². The van der Waals surface area contributed by atoms with Crippen molar-refractivity contribution >= 4 is 18.3 Å². The smallest absolute Gasteiger partial charge is 0.237 e. The van der Waals surface area contributed by atoms with E-state index in [0.717, 1.165) is 11.1 Å². The lowest BCUT2D eigenvalue weighted by atomic mass is 10.1. The number of benzene rings is 1. The molecule has 2 atom stereocenters. The van der Waals surface area contributed by atoms with Gasteiger partial charge in [0.05, 0.1) is 12.6 Å². The summed E-state index contributed by atoms with van der Waals surface area (Å²) in [6.07, 6.45) is -0.693. The Kier molecular flexibility index (Phi) is 6.21. The summed E-state index contributed by atoms with van der Waals surface area (Å²) in [7, 11) is 0. The van der Waals surface area contributed by atoms with Crippen LogP contribution in [0.2, 0.25) is 0 Å². The molecule has 0 bridgehead atoms. The molecule has 1 fully saturated rings. The second kappa shape index (κ2) is 7.43. The molecule has 0 radical (unpaired) electrons. The molecule has 3 N–H and O–H groups in total. The lowest BCUT2D eigenvalue weighted by Crippen LogP contribution is -2.40. The molecule has 1 saturated heterocycles. The number of nitrogens with one attached hydrogen (secondary N) is 2. The summed E-state index contributed by atoms with van der Waals surface area (Å²) in [4.78, 5) is 11.7. The van der Waals surface area contributed by atoms with Crippen LogP contribution in [0.25, 0.3) is 0 Å². The zero-order chi connectivity index (χ0) is 13.0. The quantitative estimate of drug-likeness (QED) is 0.772. The van der Waals surface area contributed by atoms with Crippen molar-refractivity contribution in [3.8, 4) is 0 Å². The highest BCUT2D eigenvalue weighted by Gasteiger charge is 2.28. The molecule has 0 aliphatic carbocycles. The number of carbonyl (C=O) groups excluding carboxylic acids is 1. The number of hydrogen-bond acceptors (Lipinski definition) is 3. The lowest BCUT2D eigenvalue weighted by molar-refractivity contribution is -0.123. The van der Waals surface area contributed by atoms with E-state index in [-0.39, 0.29) is 37.9 Å². The van der Waals surface area contributed by atoms with Gasteiger partial charge in [0.2, 0.25) is 5.91 Å². The number of halogens is 2. The molecule has 0 unspecified atom stereocenters. The number of hydrogen-bond donors (Lipinski definition) is 3. The Labute approximate surface area is 117 Å². The van der Waals surface area contributed by atoms with Gasteiger partial charge in [-0.1, -0.05) is 24.3 Å².